The van der Waals surface area contributed by atoms with Gasteiger partial charge in [0.2, 0.25) is 0 Å². The lowest BCUT2D eigenvalue weighted by Gasteiger charge is -2.32. The van der Waals surface area contributed by atoms with Gasteiger partial charge in [0, 0.05) is 87.3 Å². The van der Waals surface area contributed by atoms with Gasteiger partial charge in [-0.1, -0.05) is 24.3 Å². The van der Waals surface area contributed by atoms with E-state index in [0.29, 0.717) is 11.8 Å². The highest BCUT2D eigenvalue weighted by atomic mass is 16.6. The van der Waals surface area contributed by atoms with E-state index in [9.17, 15) is 0 Å². The molecule has 2 fully saturated rings. The van der Waals surface area contributed by atoms with Gasteiger partial charge in [-0.05, 0) is 125 Å². The van der Waals surface area contributed by atoms with Crippen molar-refractivity contribution in [3.05, 3.63) is 107 Å². The molecule has 0 unspecified atom stereocenters. The minimum Gasteiger partial charge on any atom is -0.526 e. The van der Waals surface area contributed by atoms with E-state index in [0.717, 1.165) is 87.8 Å². The Labute approximate surface area is 294 Å². The van der Waals surface area contributed by atoms with Crippen molar-refractivity contribution in [2.24, 2.45) is 0 Å². The summed E-state index contributed by atoms with van der Waals surface area (Å²) in [5.41, 5.74) is 9.73. The zero-order valence-corrected chi connectivity index (χ0v) is 30.2. The number of benzene rings is 2. The van der Waals surface area contributed by atoms with Crippen molar-refractivity contribution in [2.45, 2.75) is 64.5 Å². The highest BCUT2D eigenvalue weighted by Crippen LogP contribution is 2.31. The van der Waals surface area contributed by atoms with Crippen LogP contribution in [-0.4, -0.2) is 81.8 Å². The van der Waals surface area contributed by atoms with E-state index in [1.54, 1.807) is 0 Å². The summed E-state index contributed by atoms with van der Waals surface area (Å²) in [5.74, 6) is 2.59. The fourth-order valence-electron chi connectivity index (χ4n) is 7.06. The quantitative estimate of drug-likeness (QED) is 0.151. The molecule has 257 valence electrons. The Bertz CT molecular complexity index is 1520. The molecule has 2 aliphatic heterocycles. The second kappa shape index (κ2) is 16.1. The highest BCUT2D eigenvalue weighted by Gasteiger charge is 2.24. The van der Waals surface area contributed by atoms with Crippen molar-refractivity contribution in [3.63, 3.8) is 0 Å². The fraction of sp³-hybridized carbons (Fsp3) is 0.450. The lowest BCUT2D eigenvalue weighted by Crippen LogP contribution is -2.32. The molecule has 2 aliphatic rings. The molecule has 8 nitrogen and oxygen atoms in total. The number of aryl methyl sites for hydroxylation is 2. The van der Waals surface area contributed by atoms with Crippen LogP contribution in [0.4, 0.5) is 11.4 Å². The number of piperidine rings is 2. The molecule has 0 aliphatic carbocycles. The Morgan fingerprint density at radius 1 is 0.592 bits per heavy atom. The standard InChI is InChI=1S/C40H52BN6O2/c1-29-23-35(44(3)4)25-39(42-29)33-15-19-46(20-16-33)27-31-7-11-37(12-8-31)48-41-49-38-13-9-32(10-14-38)28-47-21-17-34(18-22-47)40-26-36(45(5)6)24-30(2)43-40/h7-14,23-26,33-34H,15-22,27-28H2,1-6H3. The van der Waals surface area contributed by atoms with Crippen LogP contribution in [-0.2, 0) is 13.1 Å². The van der Waals surface area contributed by atoms with E-state index < -0.39 is 0 Å². The van der Waals surface area contributed by atoms with Gasteiger partial charge in [-0.25, -0.2) is 0 Å². The largest absolute Gasteiger partial charge is 0.658 e. The molecule has 49 heavy (non-hydrogen) atoms. The van der Waals surface area contributed by atoms with Gasteiger partial charge < -0.3 is 19.1 Å². The molecule has 0 atom stereocenters. The summed E-state index contributed by atoms with van der Waals surface area (Å²) in [6.45, 7) is 10.4. The predicted octanol–water partition coefficient (Wildman–Crippen LogP) is 6.98. The number of hydrogen-bond acceptors (Lipinski definition) is 8. The molecule has 0 spiro atoms. The molecule has 6 rings (SSSR count). The molecule has 9 heteroatoms. The first-order valence-corrected chi connectivity index (χ1v) is 17.8. The Hall–Kier alpha value is -4.08. The van der Waals surface area contributed by atoms with Crippen LogP contribution >= 0.6 is 0 Å². The van der Waals surface area contributed by atoms with Gasteiger partial charge in [-0.3, -0.25) is 19.8 Å². The minimum atomic E-state index is 0.528. The molecule has 1 radical (unpaired) electrons. The molecule has 0 saturated carbocycles. The van der Waals surface area contributed by atoms with Gasteiger partial charge >= 0.3 is 7.69 Å². The Morgan fingerprint density at radius 2 is 0.959 bits per heavy atom. The summed E-state index contributed by atoms with van der Waals surface area (Å²) < 4.78 is 11.6. The Balaban J connectivity index is 0.894. The topological polar surface area (TPSA) is 57.2 Å². The van der Waals surface area contributed by atoms with E-state index in [1.165, 1.54) is 41.6 Å². The van der Waals surface area contributed by atoms with E-state index in [-0.39, 0.29) is 0 Å². The third kappa shape index (κ3) is 9.55. The second-order valence-corrected chi connectivity index (χ2v) is 14.3. The third-order valence-corrected chi connectivity index (χ3v) is 9.99. The molecule has 0 bridgehead atoms. The molecule has 2 saturated heterocycles. The fourth-order valence-corrected chi connectivity index (χ4v) is 7.06. The number of likely N-dealkylation sites (tertiary alicyclic amines) is 2. The first-order valence-electron chi connectivity index (χ1n) is 17.8. The van der Waals surface area contributed by atoms with Crippen molar-refractivity contribution in [2.75, 3.05) is 64.2 Å². The lowest BCUT2D eigenvalue weighted by atomic mass is 9.92. The van der Waals surface area contributed by atoms with E-state index in [2.05, 4.69) is 110 Å². The van der Waals surface area contributed by atoms with Crippen LogP contribution < -0.4 is 19.1 Å². The van der Waals surface area contributed by atoms with Gasteiger partial charge in [0.25, 0.3) is 0 Å². The normalized spacial score (nSPS) is 16.4. The highest BCUT2D eigenvalue weighted by molar-refractivity contribution is 6.20. The Morgan fingerprint density at radius 3 is 1.31 bits per heavy atom. The zero-order valence-electron chi connectivity index (χ0n) is 30.2. The maximum absolute atomic E-state index is 5.79. The van der Waals surface area contributed by atoms with Gasteiger partial charge in [0.05, 0.1) is 0 Å². The number of hydrogen-bond donors (Lipinski definition) is 0. The Kier molecular flexibility index (Phi) is 11.4. The summed E-state index contributed by atoms with van der Waals surface area (Å²) >= 11 is 0. The molecular weight excluding hydrogens is 607 g/mol. The van der Waals surface area contributed by atoms with Gasteiger partial charge in [0.15, 0.2) is 0 Å². The van der Waals surface area contributed by atoms with Crippen LogP contribution in [0.25, 0.3) is 0 Å². The molecule has 2 aromatic carbocycles. The van der Waals surface area contributed by atoms with Gasteiger partial charge in [-0.15, -0.1) is 0 Å². The first-order chi connectivity index (χ1) is 23.7. The average Bonchev–Trinajstić information content (AvgIpc) is 3.10. The van der Waals surface area contributed by atoms with Crippen molar-refractivity contribution < 1.29 is 9.31 Å². The number of pyridine rings is 2. The van der Waals surface area contributed by atoms with Crippen LogP contribution in [0.2, 0.25) is 0 Å². The summed E-state index contributed by atoms with van der Waals surface area (Å²) in [5, 5.41) is 0. The third-order valence-electron chi connectivity index (χ3n) is 9.99. The number of rotatable bonds is 12. The van der Waals surface area contributed by atoms with Crippen LogP contribution in [0.15, 0.2) is 72.8 Å². The van der Waals surface area contributed by atoms with Gasteiger partial charge in [-0.2, -0.15) is 0 Å². The number of aromatic nitrogens is 2. The molecule has 0 N–H and O–H groups in total. The van der Waals surface area contributed by atoms with Crippen LogP contribution in [0.1, 0.15) is 71.4 Å². The smallest absolute Gasteiger partial charge is 0.526 e. The van der Waals surface area contributed by atoms with Crippen LogP contribution in [0, 0.1) is 13.8 Å². The summed E-state index contributed by atoms with van der Waals surface area (Å²) in [6, 6.07) is 25.5. The minimum absolute atomic E-state index is 0.528. The SMILES string of the molecule is Cc1cc(N(C)C)cc(C2CCN(Cc3ccc(O[B]Oc4ccc(CN5CCC(c6cc(N(C)C)cc(C)n6)CC5)cc4)cc3)CC2)n1. The summed E-state index contributed by atoms with van der Waals surface area (Å²) in [6.07, 6.45) is 4.56. The second-order valence-electron chi connectivity index (χ2n) is 14.3. The maximum atomic E-state index is 5.79. The summed E-state index contributed by atoms with van der Waals surface area (Å²) in [7, 11) is 9.80. The average molecular weight is 660 g/mol. The first kappa shape index (κ1) is 34.8. The van der Waals surface area contributed by atoms with E-state index >= 15 is 0 Å². The molecule has 2 aromatic heterocycles. The van der Waals surface area contributed by atoms with E-state index in [4.69, 9.17) is 19.3 Å². The maximum Gasteiger partial charge on any atom is 0.658 e. The lowest BCUT2D eigenvalue weighted by molar-refractivity contribution is 0.203. The van der Waals surface area contributed by atoms with Crippen molar-refractivity contribution in [1.29, 1.82) is 0 Å². The number of nitrogens with zero attached hydrogens (tertiary/aromatic N) is 6. The molecule has 4 heterocycles. The van der Waals surface area contributed by atoms with Crippen molar-refractivity contribution in [3.8, 4) is 11.5 Å². The predicted molar refractivity (Wildman–Crippen MR) is 201 cm³/mol. The zero-order chi connectivity index (χ0) is 34.3. The number of anilines is 2. The van der Waals surface area contributed by atoms with Gasteiger partial charge in [0.1, 0.15) is 11.5 Å². The monoisotopic (exact) mass is 659 g/mol. The van der Waals surface area contributed by atoms with Crippen molar-refractivity contribution in [1.82, 2.24) is 19.8 Å². The van der Waals surface area contributed by atoms with Crippen molar-refractivity contribution >= 4 is 19.1 Å². The van der Waals surface area contributed by atoms with E-state index in [1.807, 2.05) is 24.3 Å². The van der Waals surface area contributed by atoms with Crippen LogP contribution in [0.3, 0.4) is 0 Å². The van der Waals surface area contributed by atoms with Crippen LogP contribution in [0.5, 0.6) is 11.5 Å². The molecular formula is C40H52BN6O2. The summed E-state index contributed by atoms with van der Waals surface area (Å²) in [4.78, 5) is 19.2. The molecule has 4 aromatic rings. The molecule has 0 amide bonds.